The summed E-state index contributed by atoms with van der Waals surface area (Å²) < 4.78 is 0. The molecule has 0 bridgehead atoms. The van der Waals surface area contributed by atoms with Crippen molar-refractivity contribution in [3.63, 3.8) is 0 Å². The summed E-state index contributed by atoms with van der Waals surface area (Å²) in [5, 5.41) is 2.78. The number of imide groups is 1. The second kappa shape index (κ2) is 6.94. The van der Waals surface area contributed by atoms with Crippen molar-refractivity contribution in [2.75, 3.05) is 0 Å². The lowest BCUT2D eigenvalue weighted by Gasteiger charge is -2.29. The number of aromatic nitrogens is 1. The van der Waals surface area contributed by atoms with Gasteiger partial charge in [0.25, 0.3) is 5.91 Å². The van der Waals surface area contributed by atoms with Crippen LogP contribution in [0.2, 0.25) is 5.02 Å². The number of nitrogens with one attached hydrogen (secondary N) is 1. The lowest BCUT2D eigenvalue weighted by molar-refractivity contribution is -0.136. The van der Waals surface area contributed by atoms with Crippen LogP contribution in [-0.4, -0.2) is 33.6 Å². The maximum absolute atomic E-state index is 12.7. The van der Waals surface area contributed by atoms with Gasteiger partial charge in [0, 0.05) is 36.2 Å². The van der Waals surface area contributed by atoms with Gasteiger partial charge in [-0.1, -0.05) is 17.7 Å². The Bertz CT molecular complexity index is 977. The molecule has 2 aliphatic heterocycles. The van der Waals surface area contributed by atoms with Crippen LogP contribution in [0.1, 0.15) is 34.3 Å². The number of benzene rings is 1. The summed E-state index contributed by atoms with van der Waals surface area (Å²) in [6.45, 7) is 0.307. The molecule has 0 spiro atoms. The van der Waals surface area contributed by atoms with Crippen LogP contribution in [0.25, 0.3) is 11.3 Å². The summed E-state index contributed by atoms with van der Waals surface area (Å²) in [6.07, 6.45) is 2.21. The first-order valence-electron chi connectivity index (χ1n) is 8.47. The summed E-state index contributed by atoms with van der Waals surface area (Å²) in [5.74, 6) is -0.657. The maximum Gasteiger partial charge on any atom is 0.255 e. The smallest absolute Gasteiger partial charge is 0.255 e. The van der Waals surface area contributed by atoms with E-state index in [0.29, 0.717) is 29.2 Å². The largest absolute Gasteiger partial charge is 0.322 e. The van der Waals surface area contributed by atoms with Gasteiger partial charge < -0.3 is 4.90 Å². The van der Waals surface area contributed by atoms with Crippen molar-refractivity contribution >= 4 is 40.9 Å². The Hall–Kier alpha value is -2.44. The molecule has 1 unspecified atom stereocenters. The molecule has 8 heteroatoms. The van der Waals surface area contributed by atoms with Crippen LogP contribution in [0.3, 0.4) is 0 Å². The summed E-state index contributed by atoms with van der Waals surface area (Å²) in [5.41, 5.74) is 3.52. The van der Waals surface area contributed by atoms with Crippen molar-refractivity contribution in [1.29, 1.82) is 0 Å². The highest BCUT2D eigenvalue weighted by atomic mass is 35.5. The molecule has 0 aliphatic carbocycles. The van der Waals surface area contributed by atoms with E-state index in [-0.39, 0.29) is 24.1 Å². The number of halogens is 2. The molecule has 0 saturated carbocycles. The van der Waals surface area contributed by atoms with Gasteiger partial charge in [-0.2, -0.15) is 0 Å². The Kier molecular flexibility index (Phi) is 4.61. The number of nitrogens with zero attached hydrogens (tertiary/aromatic N) is 2. The molecule has 2 aromatic rings. The summed E-state index contributed by atoms with van der Waals surface area (Å²) in [7, 11) is 0. The molecule has 138 valence electrons. The van der Waals surface area contributed by atoms with Crippen LogP contribution in [0.5, 0.6) is 0 Å². The molecule has 1 N–H and O–H groups in total. The van der Waals surface area contributed by atoms with Gasteiger partial charge in [0.1, 0.15) is 6.04 Å². The van der Waals surface area contributed by atoms with Gasteiger partial charge in [-0.25, -0.2) is 0 Å². The van der Waals surface area contributed by atoms with Gasteiger partial charge in [-0.15, -0.1) is 11.6 Å². The molecule has 27 heavy (non-hydrogen) atoms. The normalized spacial score (nSPS) is 19.3. The van der Waals surface area contributed by atoms with Gasteiger partial charge in [0.05, 0.1) is 10.7 Å². The summed E-state index contributed by atoms with van der Waals surface area (Å²) >= 11 is 12.3. The van der Waals surface area contributed by atoms with Crippen molar-refractivity contribution in [3.05, 3.63) is 52.2 Å². The number of hydrogen-bond donors (Lipinski definition) is 1. The number of alkyl halides is 1. The zero-order valence-electron chi connectivity index (χ0n) is 14.2. The lowest BCUT2D eigenvalue weighted by atomic mass is 10.0. The van der Waals surface area contributed by atoms with E-state index in [9.17, 15) is 14.4 Å². The minimum Gasteiger partial charge on any atom is -0.322 e. The van der Waals surface area contributed by atoms with Gasteiger partial charge >= 0.3 is 0 Å². The molecule has 3 amide bonds. The maximum atomic E-state index is 12.7. The Labute approximate surface area is 165 Å². The van der Waals surface area contributed by atoms with Crippen LogP contribution < -0.4 is 5.32 Å². The van der Waals surface area contributed by atoms with Crippen molar-refractivity contribution in [1.82, 2.24) is 15.2 Å². The fourth-order valence-electron chi connectivity index (χ4n) is 3.51. The SMILES string of the molecule is O=C1CCC(N2Cc3cc(-c4nccc(CCl)c4Cl)ccc3C2=O)C(=O)N1. The first-order valence-corrected chi connectivity index (χ1v) is 9.38. The molecule has 1 fully saturated rings. The lowest BCUT2D eigenvalue weighted by Crippen LogP contribution is -2.52. The van der Waals surface area contributed by atoms with Crippen molar-refractivity contribution in [2.45, 2.75) is 31.3 Å². The molecular formula is C19H15Cl2N3O3. The molecule has 4 rings (SSSR count). The molecule has 0 radical (unpaired) electrons. The van der Waals surface area contributed by atoms with Gasteiger partial charge in [0.15, 0.2) is 0 Å². The zero-order valence-corrected chi connectivity index (χ0v) is 15.7. The number of carbonyl (C=O) groups excluding carboxylic acids is 3. The average molecular weight is 404 g/mol. The average Bonchev–Trinajstić information content (AvgIpc) is 2.98. The first kappa shape index (κ1) is 17.9. The molecule has 1 aromatic heterocycles. The van der Waals surface area contributed by atoms with E-state index in [2.05, 4.69) is 10.3 Å². The number of amides is 3. The van der Waals surface area contributed by atoms with Gasteiger partial charge in [-0.3, -0.25) is 24.7 Å². The summed E-state index contributed by atoms with van der Waals surface area (Å²) in [4.78, 5) is 42.1. The Morgan fingerprint density at radius 3 is 2.78 bits per heavy atom. The molecule has 6 nitrogen and oxygen atoms in total. The third-order valence-electron chi connectivity index (χ3n) is 4.91. The third kappa shape index (κ3) is 3.09. The third-order valence-corrected chi connectivity index (χ3v) is 5.62. The van der Waals surface area contributed by atoms with Gasteiger partial charge in [0.2, 0.25) is 11.8 Å². The van der Waals surface area contributed by atoms with E-state index in [4.69, 9.17) is 23.2 Å². The predicted octanol–water partition coefficient (Wildman–Crippen LogP) is 2.90. The number of piperidine rings is 1. The number of hydrogen-bond acceptors (Lipinski definition) is 4. The minimum atomic E-state index is -0.632. The zero-order chi connectivity index (χ0) is 19.1. The van der Waals surface area contributed by atoms with E-state index >= 15 is 0 Å². The molecule has 1 aromatic carbocycles. The number of rotatable bonds is 3. The van der Waals surface area contributed by atoms with E-state index in [1.807, 2.05) is 6.07 Å². The first-order chi connectivity index (χ1) is 13.0. The Morgan fingerprint density at radius 1 is 1.22 bits per heavy atom. The number of fused-ring (bicyclic) bond motifs is 1. The summed E-state index contributed by atoms with van der Waals surface area (Å²) in [6, 6.07) is 6.51. The fourth-order valence-corrected chi connectivity index (χ4v) is 4.09. The highest BCUT2D eigenvalue weighted by Gasteiger charge is 2.39. The van der Waals surface area contributed by atoms with Crippen LogP contribution >= 0.6 is 23.2 Å². The highest BCUT2D eigenvalue weighted by molar-refractivity contribution is 6.34. The van der Waals surface area contributed by atoms with Gasteiger partial charge in [-0.05, 0) is 35.7 Å². The van der Waals surface area contributed by atoms with Crippen LogP contribution in [-0.2, 0) is 22.0 Å². The molecule has 1 saturated heterocycles. The second-order valence-corrected chi connectivity index (χ2v) is 7.18. The van der Waals surface area contributed by atoms with Crippen LogP contribution in [0.4, 0.5) is 0 Å². The number of carbonyl (C=O) groups is 3. The Morgan fingerprint density at radius 2 is 2.04 bits per heavy atom. The van der Waals surface area contributed by atoms with E-state index < -0.39 is 11.9 Å². The predicted molar refractivity (Wildman–Crippen MR) is 100 cm³/mol. The molecular weight excluding hydrogens is 389 g/mol. The van der Waals surface area contributed by atoms with Crippen molar-refractivity contribution < 1.29 is 14.4 Å². The second-order valence-electron chi connectivity index (χ2n) is 6.54. The quantitative estimate of drug-likeness (QED) is 0.630. The topological polar surface area (TPSA) is 79.4 Å². The van der Waals surface area contributed by atoms with Crippen molar-refractivity contribution in [2.24, 2.45) is 0 Å². The fraction of sp³-hybridized carbons (Fsp3) is 0.263. The standard InChI is InChI=1S/C19H15Cl2N3O3/c20-8-11-5-6-22-17(16(11)21)10-1-2-13-12(7-10)9-24(19(13)27)14-3-4-15(25)23-18(14)26/h1-2,5-7,14H,3-4,8-9H2,(H,23,25,26). The molecule has 2 aliphatic rings. The van der Waals surface area contributed by atoms with E-state index in [1.54, 1.807) is 24.4 Å². The van der Waals surface area contributed by atoms with Crippen molar-refractivity contribution in [3.8, 4) is 11.3 Å². The monoisotopic (exact) mass is 403 g/mol. The van der Waals surface area contributed by atoms with Crippen LogP contribution in [0, 0.1) is 0 Å². The minimum absolute atomic E-state index is 0.209. The van der Waals surface area contributed by atoms with E-state index in [0.717, 1.165) is 16.7 Å². The molecule has 3 heterocycles. The highest BCUT2D eigenvalue weighted by Crippen LogP contribution is 2.34. The van der Waals surface area contributed by atoms with E-state index in [1.165, 1.54) is 4.90 Å². The molecule has 1 atom stereocenters. The Balaban J connectivity index is 1.65. The van der Waals surface area contributed by atoms with Crippen LogP contribution in [0.15, 0.2) is 30.5 Å². The number of pyridine rings is 1.